The van der Waals surface area contributed by atoms with Gasteiger partial charge in [-0.3, -0.25) is 4.79 Å². The van der Waals surface area contributed by atoms with Crippen molar-refractivity contribution in [2.45, 2.75) is 26.4 Å². The Balaban J connectivity index is 2.18. The van der Waals surface area contributed by atoms with Gasteiger partial charge in [0.15, 0.2) is 0 Å². The van der Waals surface area contributed by atoms with Crippen LogP contribution in [0.25, 0.3) is 0 Å². The summed E-state index contributed by atoms with van der Waals surface area (Å²) in [6, 6.07) is 2.28. The summed E-state index contributed by atoms with van der Waals surface area (Å²) < 4.78 is 2.95. The Bertz CT molecular complexity index is 416. The van der Waals surface area contributed by atoms with Crippen LogP contribution in [0.1, 0.15) is 24.3 Å². The van der Waals surface area contributed by atoms with E-state index in [9.17, 15) is 4.79 Å². The van der Waals surface area contributed by atoms with Crippen molar-refractivity contribution in [3.63, 3.8) is 0 Å². The van der Waals surface area contributed by atoms with E-state index in [1.54, 1.807) is 0 Å². The van der Waals surface area contributed by atoms with Gasteiger partial charge in [-0.05, 0) is 35.8 Å². The summed E-state index contributed by atoms with van der Waals surface area (Å²) in [4.78, 5) is 14.3. The van der Waals surface area contributed by atoms with E-state index in [1.807, 2.05) is 28.7 Å². The van der Waals surface area contributed by atoms with Gasteiger partial charge in [-0.25, -0.2) is 0 Å². The van der Waals surface area contributed by atoms with E-state index >= 15 is 0 Å². The second-order valence-electron chi connectivity index (χ2n) is 4.44. The Labute approximate surface area is 110 Å². The lowest BCUT2D eigenvalue weighted by Gasteiger charge is -2.32. The molecule has 1 atom stereocenters. The van der Waals surface area contributed by atoms with Crippen molar-refractivity contribution in [1.82, 2.24) is 14.8 Å². The Morgan fingerprint density at radius 1 is 1.65 bits per heavy atom. The highest BCUT2D eigenvalue weighted by molar-refractivity contribution is 9.10. The fourth-order valence-electron chi connectivity index (χ4n) is 2.19. The highest BCUT2D eigenvalue weighted by Gasteiger charge is 2.23. The number of nitrogens with one attached hydrogen (secondary N) is 1. The molecule has 2 heterocycles. The average molecular weight is 300 g/mol. The number of hydrogen-bond donors (Lipinski definition) is 1. The van der Waals surface area contributed by atoms with Crippen molar-refractivity contribution in [3.8, 4) is 0 Å². The fraction of sp³-hybridized carbons (Fsp3) is 0.583. The first-order valence-electron chi connectivity index (χ1n) is 6.00. The first-order chi connectivity index (χ1) is 8.11. The van der Waals surface area contributed by atoms with Gasteiger partial charge in [-0.15, -0.1) is 0 Å². The van der Waals surface area contributed by atoms with Crippen LogP contribution in [0.3, 0.4) is 0 Å². The minimum absolute atomic E-state index is 0.130. The Hall–Kier alpha value is -0.810. The molecule has 1 aromatic rings. The average Bonchev–Trinajstić information content (AvgIpc) is 2.69. The van der Waals surface area contributed by atoms with Gasteiger partial charge >= 0.3 is 0 Å². The molecule has 1 N–H and O–H groups in total. The van der Waals surface area contributed by atoms with Crippen LogP contribution in [0.4, 0.5) is 0 Å². The fourth-order valence-corrected chi connectivity index (χ4v) is 2.66. The van der Waals surface area contributed by atoms with Gasteiger partial charge in [0.25, 0.3) is 5.91 Å². The molecule has 0 spiro atoms. The molecular weight excluding hydrogens is 282 g/mol. The minimum atomic E-state index is 0.130. The largest absolute Gasteiger partial charge is 0.343 e. The van der Waals surface area contributed by atoms with E-state index in [0.29, 0.717) is 6.04 Å². The summed E-state index contributed by atoms with van der Waals surface area (Å²) in [6.45, 7) is 7.41. The molecule has 1 amide bonds. The second kappa shape index (κ2) is 5.23. The summed E-state index contributed by atoms with van der Waals surface area (Å²) in [5.41, 5.74) is 0.772. The lowest BCUT2D eigenvalue weighted by atomic mass is 10.2. The number of amides is 1. The maximum atomic E-state index is 12.4. The van der Waals surface area contributed by atoms with Gasteiger partial charge in [0.2, 0.25) is 0 Å². The van der Waals surface area contributed by atoms with E-state index in [-0.39, 0.29) is 5.91 Å². The molecule has 0 radical (unpaired) electrons. The minimum Gasteiger partial charge on any atom is -0.343 e. The molecule has 1 aromatic heterocycles. The van der Waals surface area contributed by atoms with Crippen LogP contribution in [0.15, 0.2) is 16.7 Å². The number of carbonyl (C=O) groups excluding carboxylic acids is 1. The first-order valence-corrected chi connectivity index (χ1v) is 6.79. The van der Waals surface area contributed by atoms with Crippen molar-refractivity contribution >= 4 is 21.8 Å². The summed E-state index contributed by atoms with van der Waals surface area (Å²) in [5.74, 6) is 0.130. The van der Waals surface area contributed by atoms with E-state index < -0.39 is 0 Å². The number of aryl methyl sites for hydroxylation is 1. The molecule has 0 unspecified atom stereocenters. The van der Waals surface area contributed by atoms with Crippen molar-refractivity contribution in [2.75, 3.05) is 19.6 Å². The zero-order valence-corrected chi connectivity index (χ0v) is 11.8. The third kappa shape index (κ3) is 2.72. The summed E-state index contributed by atoms with van der Waals surface area (Å²) in [5, 5.41) is 3.34. The molecule has 1 aliphatic rings. The normalized spacial score (nSPS) is 20.6. The number of piperazine rings is 1. The predicted octanol–water partition coefficient (Wildman–Crippen LogP) is 1.70. The standard InChI is InChI=1S/C12H18BrN3O/c1-3-15-8-10(13)6-11(15)12(17)16-5-4-14-9(2)7-16/h6,8-9,14H,3-5,7H2,1-2H3/t9-/m0/s1. The topological polar surface area (TPSA) is 37.3 Å². The highest BCUT2D eigenvalue weighted by atomic mass is 79.9. The molecule has 5 heteroatoms. The SMILES string of the molecule is CCn1cc(Br)cc1C(=O)N1CCN[C@@H](C)C1. The molecule has 1 aliphatic heterocycles. The molecule has 17 heavy (non-hydrogen) atoms. The van der Waals surface area contributed by atoms with Crippen LogP contribution in [-0.2, 0) is 6.54 Å². The van der Waals surface area contributed by atoms with Crippen molar-refractivity contribution in [3.05, 3.63) is 22.4 Å². The number of aromatic nitrogens is 1. The smallest absolute Gasteiger partial charge is 0.270 e. The number of halogens is 1. The quantitative estimate of drug-likeness (QED) is 0.903. The number of hydrogen-bond acceptors (Lipinski definition) is 2. The summed E-state index contributed by atoms with van der Waals surface area (Å²) in [6.07, 6.45) is 1.96. The predicted molar refractivity (Wildman–Crippen MR) is 71.2 cm³/mol. The molecule has 2 rings (SSSR count). The second-order valence-corrected chi connectivity index (χ2v) is 5.35. The molecule has 94 valence electrons. The third-order valence-corrected chi connectivity index (χ3v) is 3.51. The van der Waals surface area contributed by atoms with Crippen molar-refractivity contribution < 1.29 is 4.79 Å². The first kappa shape index (κ1) is 12.6. The van der Waals surface area contributed by atoms with Crippen LogP contribution in [0.2, 0.25) is 0 Å². The molecule has 1 saturated heterocycles. The molecule has 0 saturated carbocycles. The molecular formula is C12H18BrN3O. The maximum absolute atomic E-state index is 12.4. The van der Waals surface area contributed by atoms with E-state index in [4.69, 9.17) is 0 Å². The molecule has 4 nitrogen and oxygen atoms in total. The zero-order valence-electron chi connectivity index (χ0n) is 10.2. The van der Waals surface area contributed by atoms with Crippen LogP contribution in [-0.4, -0.2) is 41.1 Å². The lowest BCUT2D eigenvalue weighted by molar-refractivity contribution is 0.0698. The van der Waals surface area contributed by atoms with Crippen molar-refractivity contribution in [1.29, 1.82) is 0 Å². The van der Waals surface area contributed by atoms with Crippen LogP contribution in [0, 0.1) is 0 Å². The monoisotopic (exact) mass is 299 g/mol. The summed E-state index contributed by atoms with van der Waals surface area (Å²) in [7, 11) is 0. The Morgan fingerprint density at radius 3 is 3.06 bits per heavy atom. The number of rotatable bonds is 2. The molecule has 1 fully saturated rings. The van der Waals surface area contributed by atoms with Crippen LogP contribution >= 0.6 is 15.9 Å². The molecule has 0 aliphatic carbocycles. The number of nitrogens with zero attached hydrogens (tertiary/aromatic N) is 2. The summed E-state index contributed by atoms with van der Waals surface area (Å²) >= 11 is 3.42. The molecule has 0 bridgehead atoms. The van der Waals surface area contributed by atoms with Crippen LogP contribution in [0.5, 0.6) is 0 Å². The van der Waals surface area contributed by atoms with Crippen molar-refractivity contribution in [2.24, 2.45) is 0 Å². The highest BCUT2D eigenvalue weighted by Crippen LogP contribution is 2.17. The molecule has 0 aromatic carbocycles. The van der Waals surface area contributed by atoms with E-state index in [2.05, 4.69) is 28.2 Å². The van der Waals surface area contributed by atoms with Gasteiger partial charge in [-0.2, -0.15) is 0 Å². The van der Waals surface area contributed by atoms with Gasteiger partial charge in [0.05, 0.1) is 0 Å². The van der Waals surface area contributed by atoms with Crippen LogP contribution < -0.4 is 5.32 Å². The maximum Gasteiger partial charge on any atom is 0.270 e. The van der Waals surface area contributed by atoms with Gasteiger partial charge in [-0.1, -0.05) is 0 Å². The third-order valence-electron chi connectivity index (χ3n) is 3.08. The van der Waals surface area contributed by atoms with E-state index in [0.717, 1.165) is 36.3 Å². The van der Waals surface area contributed by atoms with Gasteiger partial charge in [0, 0.05) is 42.9 Å². The Morgan fingerprint density at radius 2 is 2.41 bits per heavy atom. The zero-order chi connectivity index (χ0) is 12.4. The van der Waals surface area contributed by atoms with Gasteiger partial charge < -0.3 is 14.8 Å². The lowest BCUT2D eigenvalue weighted by Crippen LogP contribution is -2.51. The van der Waals surface area contributed by atoms with E-state index in [1.165, 1.54) is 0 Å². The Kier molecular flexibility index (Phi) is 3.89. The van der Waals surface area contributed by atoms with Gasteiger partial charge in [0.1, 0.15) is 5.69 Å². The number of carbonyl (C=O) groups is 1.